The fraction of sp³-hybridized carbons (Fsp3) is 0.222. The van der Waals surface area contributed by atoms with Crippen LogP contribution in [0, 0.1) is 11.3 Å². The summed E-state index contributed by atoms with van der Waals surface area (Å²) in [6.45, 7) is 0. The van der Waals surface area contributed by atoms with E-state index in [0.717, 1.165) is 6.26 Å². The van der Waals surface area contributed by atoms with Gasteiger partial charge < -0.3 is 0 Å². The van der Waals surface area contributed by atoms with Gasteiger partial charge in [0.25, 0.3) is 0 Å². The minimum absolute atomic E-state index is 0.128. The first-order valence-electron chi connectivity index (χ1n) is 3.70. The van der Waals surface area contributed by atoms with Crippen LogP contribution in [-0.2, 0) is 16.3 Å². The van der Waals surface area contributed by atoms with E-state index in [-0.39, 0.29) is 11.3 Å². The van der Waals surface area contributed by atoms with Gasteiger partial charge in [-0.1, -0.05) is 18.2 Å². The summed E-state index contributed by atoms with van der Waals surface area (Å²) in [5, 5.41) is 8.47. The number of rotatable bonds is 2. The van der Waals surface area contributed by atoms with Crippen LogP contribution < -0.4 is 0 Å². The lowest BCUT2D eigenvalue weighted by molar-refractivity contribution is 0.601. The molecule has 1 rings (SSSR count). The molecule has 0 saturated heterocycles. The highest BCUT2D eigenvalue weighted by atomic mass is 32.2. The third kappa shape index (κ3) is 2.30. The Morgan fingerprint density at radius 1 is 1.38 bits per heavy atom. The van der Waals surface area contributed by atoms with Crippen LogP contribution in [0.3, 0.4) is 0 Å². The fourth-order valence-corrected chi connectivity index (χ4v) is 2.04. The molecule has 3 nitrogen and oxygen atoms in total. The fourth-order valence-electron chi connectivity index (χ4n) is 1.10. The predicted octanol–water partition coefficient (Wildman–Crippen LogP) is 1.16. The Morgan fingerprint density at radius 2 is 2.00 bits per heavy atom. The van der Waals surface area contributed by atoms with Crippen molar-refractivity contribution in [2.75, 3.05) is 6.26 Å². The van der Waals surface area contributed by atoms with Gasteiger partial charge in [0.1, 0.15) is 0 Å². The normalized spacial score (nSPS) is 10.8. The first kappa shape index (κ1) is 9.75. The van der Waals surface area contributed by atoms with Crippen molar-refractivity contribution in [1.82, 2.24) is 0 Å². The molecule has 0 spiro atoms. The standard InChI is InChI=1S/C9H9NO2S/c1-13(11,12)9-5-3-2-4-8(9)6-7-10/h2-5H,6H2,1H3. The molecular weight excluding hydrogens is 186 g/mol. The van der Waals surface area contributed by atoms with Gasteiger partial charge in [0.2, 0.25) is 0 Å². The molecule has 4 heteroatoms. The molecule has 0 bridgehead atoms. The van der Waals surface area contributed by atoms with Crippen LogP contribution in [0.25, 0.3) is 0 Å². The molecule has 0 amide bonds. The van der Waals surface area contributed by atoms with Crippen molar-refractivity contribution >= 4 is 9.84 Å². The molecule has 0 aliphatic carbocycles. The summed E-state index contributed by atoms with van der Waals surface area (Å²) in [6.07, 6.45) is 1.27. The molecule has 0 heterocycles. The topological polar surface area (TPSA) is 57.9 Å². The van der Waals surface area contributed by atoms with Gasteiger partial charge >= 0.3 is 0 Å². The number of sulfone groups is 1. The third-order valence-electron chi connectivity index (χ3n) is 1.64. The van der Waals surface area contributed by atoms with Crippen molar-refractivity contribution in [2.24, 2.45) is 0 Å². The Balaban J connectivity index is 3.30. The van der Waals surface area contributed by atoms with Gasteiger partial charge in [-0.2, -0.15) is 5.26 Å². The number of hydrogen-bond acceptors (Lipinski definition) is 3. The first-order chi connectivity index (χ1) is 6.05. The van der Waals surface area contributed by atoms with E-state index in [0.29, 0.717) is 5.56 Å². The SMILES string of the molecule is CS(=O)(=O)c1ccccc1CC#N. The zero-order valence-corrected chi connectivity index (χ0v) is 8.00. The molecule has 1 aromatic rings. The van der Waals surface area contributed by atoms with E-state index < -0.39 is 9.84 Å². The van der Waals surface area contributed by atoms with E-state index >= 15 is 0 Å². The average Bonchev–Trinajstić information content (AvgIpc) is 2.04. The molecule has 0 atom stereocenters. The van der Waals surface area contributed by atoms with E-state index in [1.807, 2.05) is 6.07 Å². The van der Waals surface area contributed by atoms with Crippen LogP contribution in [0.2, 0.25) is 0 Å². The number of nitriles is 1. The molecule has 0 aromatic heterocycles. The molecule has 68 valence electrons. The van der Waals surface area contributed by atoms with Gasteiger partial charge in [-0.05, 0) is 11.6 Å². The van der Waals surface area contributed by atoms with Crippen LogP contribution in [0.4, 0.5) is 0 Å². The predicted molar refractivity (Wildman–Crippen MR) is 48.9 cm³/mol. The van der Waals surface area contributed by atoms with E-state index in [4.69, 9.17) is 5.26 Å². The first-order valence-corrected chi connectivity index (χ1v) is 5.60. The Morgan fingerprint density at radius 3 is 2.54 bits per heavy atom. The summed E-state index contributed by atoms with van der Waals surface area (Å²) in [5.74, 6) is 0. The Kier molecular flexibility index (Phi) is 2.69. The maximum absolute atomic E-state index is 11.2. The average molecular weight is 195 g/mol. The van der Waals surface area contributed by atoms with Crippen molar-refractivity contribution in [1.29, 1.82) is 5.26 Å². The summed E-state index contributed by atoms with van der Waals surface area (Å²) in [5.41, 5.74) is 0.563. The van der Waals surface area contributed by atoms with Gasteiger partial charge in [0, 0.05) is 6.26 Å². The molecule has 13 heavy (non-hydrogen) atoms. The largest absolute Gasteiger partial charge is 0.224 e. The van der Waals surface area contributed by atoms with E-state index in [1.54, 1.807) is 18.2 Å². The smallest absolute Gasteiger partial charge is 0.175 e. The van der Waals surface area contributed by atoms with E-state index in [9.17, 15) is 8.42 Å². The molecule has 1 aromatic carbocycles. The van der Waals surface area contributed by atoms with Gasteiger partial charge in [0.15, 0.2) is 9.84 Å². The summed E-state index contributed by atoms with van der Waals surface area (Å²) in [6, 6.07) is 8.47. The van der Waals surface area contributed by atoms with Gasteiger partial charge in [-0.25, -0.2) is 8.42 Å². The zero-order valence-electron chi connectivity index (χ0n) is 7.19. The number of nitrogens with zero attached hydrogens (tertiary/aromatic N) is 1. The quantitative estimate of drug-likeness (QED) is 0.711. The lowest BCUT2D eigenvalue weighted by atomic mass is 10.2. The molecule has 0 aliphatic heterocycles. The molecule has 0 N–H and O–H groups in total. The highest BCUT2D eigenvalue weighted by molar-refractivity contribution is 7.90. The molecular formula is C9H9NO2S. The minimum atomic E-state index is -3.21. The van der Waals surface area contributed by atoms with Gasteiger partial charge in [-0.3, -0.25) is 0 Å². The van der Waals surface area contributed by atoms with Crippen molar-refractivity contribution in [3.63, 3.8) is 0 Å². The lowest BCUT2D eigenvalue weighted by Crippen LogP contribution is -2.01. The van der Waals surface area contributed by atoms with Crippen molar-refractivity contribution < 1.29 is 8.42 Å². The van der Waals surface area contributed by atoms with E-state index in [1.165, 1.54) is 6.07 Å². The second-order valence-corrected chi connectivity index (χ2v) is 4.70. The molecule has 0 aliphatic rings. The number of hydrogen-bond donors (Lipinski definition) is 0. The van der Waals surface area contributed by atoms with Crippen LogP contribution in [-0.4, -0.2) is 14.7 Å². The van der Waals surface area contributed by atoms with Gasteiger partial charge in [0.05, 0.1) is 17.4 Å². The maximum Gasteiger partial charge on any atom is 0.175 e. The second kappa shape index (κ2) is 3.58. The highest BCUT2D eigenvalue weighted by Crippen LogP contribution is 2.15. The monoisotopic (exact) mass is 195 g/mol. The third-order valence-corrected chi connectivity index (χ3v) is 2.84. The van der Waals surface area contributed by atoms with Crippen LogP contribution in [0.1, 0.15) is 5.56 Å². The van der Waals surface area contributed by atoms with E-state index in [2.05, 4.69) is 0 Å². The minimum Gasteiger partial charge on any atom is -0.224 e. The number of benzene rings is 1. The van der Waals surface area contributed by atoms with Crippen LogP contribution in [0.15, 0.2) is 29.2 Å². The van der Waals surface area contributed by atoms with Crippen molar-refractivity contribution in [3.8, 4) is 6.07 Å². The summed E-state index contributed by atoms with van der Waals surface area (Å²) in [4.78, 5) is 0.247. The van der Waals surface area contributed by atoms with Crippen molar-refractivity contribution in [3.05, 3.63) is 29.8 Å². The summed E-state index contributed by atoms with van der Waals surface area (Å²) in [7, 11) is -3.21. The molecule has 0 fully saturated rings. The highest BCUT2D eigenvalue weighted by Gasteiger charge is 2.11. The zero-order chi connectivity index (χ0) is 9.90. The molecule has 0 unspecified atom stereocenters. The lowest BCUT2D eigenvalue weighted by Gasteiger charge is -2.02. The Bertz CT molecular complexity index is 443. The summed E-state index contributed by atoms with van der Waals surface area (Å²) >= 11 is 0. The van der Waals surface area contributed by atoms with Crippen molar-refractivity contribution in [2.45, 2.75) is 11.3 Å². The second-order valence-electron chi connectivity index (χ2n) is 2.71. The molecule has 0 saturated carbocycles. The van der Waals surface area contributed by atoms with Crippen LogP contribution >= 0.6 is 0 Å². The van der Waals surface area contributed by atoms with Gasteiger partial charge in [-0.15, -0.1) is 0 Å². The van der Waals surface area contributed by atoms with Crippen LogP contribution in [0.5, 0.6) is 0 Å². The molecule has 0 radical (unpaired) electrons. The summed E-state index contributed by atoms with van der Waals surface area (Å²) < 4.78 is 22.4. The Hall–Kier alpha value is -1.34. The maximum atomic E-state index is 11.2. The Labute approximate surface area is 77.5 Å².